The van der Waals surface area contributed by atoms with E-state index in [1.54, 1.807) is 33.4 Å². The molecule has 0 saturated carbocycles. The van der Waals surface area contributed by atoms with Gasteiger partial charge in [-0.2, -0.15) is 0 Å². The molecule has 0 bridgehead atoms. The first kappa shape index (κ1) is 33.8. The van der Waals surface area contributed by atoms with Crippen molar-refractivity contribution in [3.8, 4) is 0 Å². The molecule has 0 spiro atoms. The van der Waals surface area contributed by atoms with Crippen molar-refractivity contribution in [1.29, 1.82) is 0 Å². The van der Waals surface area contributed by atoms with E-state index in [1.165, 1.54) is 11.1 Å². The largest absolute Gasteiger partial charge is 1.00 e. The predicted octanol–water partition coefficient (Wildman–Crippen LogP) is 4.05. The average Bonchev–Trinajstić information content (AvgIpc) is 3.32. The average molecular weight is 647 g/mol. The molecule has 0 amide bonds. The fourth-order valence-electron chi connectivity index (χ4n) is 6.60. The molecule has 0 saturated heterocycles. The molecule has 38 heavy (non-hydrogen) atoms. The van der Waals surface area contributed by atoms with Gasteiger partial charge in [-0.3, -0.25) is 0 Å². The van der Waals surface area contributed by atoms with Crippen LogP contribution in [-0.4, -0.2) is 5.43 Å². The molecule has 2 aromatic rings. The number of benzene rings is 2. The van der Waals surface area contributed by atoms with Gasteiger partial charge in [0.15, 0.2) is 0 Å². The van der Waals surface area contributed by atoms with E-state index >= 15 is 0 Å². The quantitative estimate of drug-likeness (QED) is 0.440. The topological polar surface area (TPSA) is 0 Å². The number of hydrogen-bond donors (Lipinski definition) is 0. The molecule has 0 aromatic heterocycles. The molecular weight excluding hydrogens is 599 g/mol. The standard InChI is InChI=1S/2C16H21.C2H6Si.2ClH.Zr/c2*1-11(2)13-9-12-7-6-8-15(14(12)10-13)16(3,4)5;1-3-2;;;/h2*6-11H,1-5H3;1-2H3;2*1H;/q;;;;;+2/p-2. The van der Waals surface area contributed by atoms with Crippen LogP contribution in [0.1, 0.15) is 110 Å². The number of hydrogen-bond acceptors (Lipinski definition) is 0. The summed E-state index contributed by atoms with van der Waals surface area (Å²) in [5.41, 5.74) is 12.9. The van der Waals surface area contributed by atoms with Crippen LogP contribution >= 0.6 is 0 Å². The molecule has 2 atom stereocenters. The summed E-state index contributed by atoms with van der Waals surface area (Å²) in [6, 6.07) is 14.5. The monoisotopic (exact) mass is 644 g/mol. The Morgan fingerprint density at radius 3 is 1.24 bits per heavy atom. The minimum absolute atomic E-state index is 0. The number of rotatable bonds is 4. The normalized spacial score (nSPS) is 18.1. The Hall–Kier alpha value is -0.400. The molecule has 0 nitrogen and oxygen atoms in total. The summed E-state index contributed by atoms with van der Waals surface area (Å²) in [7, 11) is 0. The Balaban J connectivity index is 0.00000253. The third-order valence-electron chi connectivity index (χ3n) is 8.34. The van der Waals surface area contributed by atoms with Crippen LogP contribution in [0.5, 0.6) is 0 Å². The molecule has 2 aliphatic rings. The molecule has 0 fully saturated rings. The van der Waals surface area contributed by atoms with Crippen LogP contribution < -0.4 is 24.8 Å². The summed E-state index contributed by atoms with van der Waals surface area (Å²) >= 11 is -2.10. The van der Waals surface area contributed by atoms with Gasteiger partial charge in [-0.1, -0.05) is 0 Å². The zero-order valence-corrected chi connectivity index (χ0v) is 30.7. The molecule has 0 heterocycles. The van der Waals surface area contributed by atoms with Crippen molar-refractivity contribution in [2.45, 2.75) is 100 Å². The third-order valence-corrected chi connectivity index (χ3v) is 27.6. The van der Waals surface area contributed by atoms with Gasteiger partial charge in [0.05, 0.1) is 0 Å². The molecular formula is C34H48Cl2SiZr. The van der Waals surface area contributed by atoms with Gasteiger partial charge in [-0.05, 0) is 0 Å². The summed E-state index contributed by atoms with van der Waals surface area (Å²) < 4.78 is 1.40. The first-order valence-electron chi connectivity index (χ1n) is 14.0. The van der Waals surface area contributed by atoms with E-state index in [2.05, 4.69) is 131 Å². The second-order valence-corrected chi connectivity index (χ2v) is 31.9. The SMILES string of the molecule is CC(C)C1=Cc2c(cccc2C(C)(C)C)[CH]1[Zr+2]([CH]1C(C(C)C)=Cc2c1cccc2C(C)(C)C)=[Si](C)C.[Cl-].[Cl-]. The fourth-order valence-corrected chi connectivity index (χ4v) is 27.6. The molecule has 206 valence electrons. The van der Waals surface area contributed by atoms with E-state index in [0.717, 1.165) is 0 Å². The van der Waals surface area contributed by atoms with Crippen molar-refractivity contribution >= 4 is 17.6 Å². The van der Waals surface area contributed by atoms with E-state index in [0.29, 0.717) is 19.1 Å². The van der Waals surface area contributed by atoms with Crippen molar-refractivity contribution in [2.24, 2.45) is 11.8 Å². The first-order chi connectivity index (χ1) is 16.6. The van der Waals surface area contributed by atoms with Crippen LogP contribution in [0.25, 0.3) is 12.2 Å². The van der Waals surface area contributed by atoms with Gasteiger partial charge in [0.2, 0.25) is 0 Å². The Bertz CT molecular complexity index is 1190. The summed E-state index contributed by atoms with van der Waals surface area (Å²) in [6.45, 7) is 29.4. The Morgan fingerprint density at radius 1 is 0.632 bits per heavy atom. The zero-order valence-electron chi connectivity index (χ0n) is 25.7. The minimum atomic E-state index is -2.10. The van der Waals surface area contributed by atoms with Crippen LogP contribution in [0, 0.1) is 11.8 Å². The van der Waals surface area contributed by atoms with Crippen LogP contribution in [0.4, 0.5) is 0 Å². The molecule has 2 unspecified atom stereocenters. The second kappa shape index (κ2) is 12.2. The van der Waals surface area contributed by atoms with Crippen LogP contribution in [0.2, 0.25) is 13.1 Å². The van der Waals surface area contributed by atoms with E-state index in [4.69, 9.17) is 0 Å². The van der Waals surface area contributed by atoms with Gasteiger partial charge in [0, 0.05) is 0 Å². The van der Waals surface area contributed by atoms with Crippen molar-refractivity contribution in [3.63, 3.8) is 0 Å². The Labute approximate surface area is 254 Å². The molecule has 2 aliphatic carbocycles. The van der Waals surface area contributed by atoms with E-state index in [1.807, 2.05) is 0 Å². The van der Waals surface area contributed by atoms with Gasteiger partial charge in [0.25, 0.3) is 0 Å². The van der Waals surface area contributed by atoms with Crippen molar-refractivity contribution in [2.75, 3.05) is 0 Å². The van der Waals surface area contributed by atoms with Gasteiger partial charge in [0.1, 0.15) is 0 Å². The molecule has 4 heteroatoms. The maximum absolute atomic E-state index is 2.66. The van der Waals surface area contributed by atoms with Crippen molar-refractivity contribution in [3.05, 3.63) is 80.9 Å². The van der Waals surface area contributed by atoms with Gasteiger partial charge < -0.3 is 24.8 Å². The Morgan fingerprint density at radius 2 is 0.974 bits per heavy atom. The van der Waals surface area contributed by atoms with Gasteiger partial charge >= 0.3 is 231 Å². The second-order valence-electron chi connectivity index (χ2n) is 14.0. The zero-order chi connectivity index (χ0) is 26.7. The molecule has 0 radical (unpaired) electrons. The molecule has 0 N–H and O–H groups in total. The van der Waals surface area contributed by atoms with Crippen LogP contribution in [0.15, 0.2) is 47.5 Å². The Kier molecular flexibility index (Phi) is 10.9. The molecule has 2 aromatic carbocycles. The third kappa shape index (κ3) is 6.10. The van der Waals surface area contributed by atoms with Gasteiger partial charge in [-0.15, -0.1) is 0 Å². The van der Waals surface area contributed by atoms with E-state index in [-0.39, 0.29) is 35.6 Å². The first-order valence-corrected chi connectivity index (χ1v) is 23.0. The summed E-state index contributed by atoms with van der Waals surface area (Å²) in [5, 5.41) is 0. The maximum Gasteiger partial charge on any atom is -1.00 e. The summed E-state index contributed by atoms with van der Waals surface area (Å²) in [4.78, 5) is 0. The smallest absolute Gasteiger partial charge is 1.00 e. The van der Waals surface area contributed by atoms with E-state index < -0.39 is 25.8 Å². The number of allylic oxidation sites excluding steroid dienone is 2. The van der Waals surface area contributed by atoms with Crippen LogP contribution in [0.3, 0.4) is 0 Å². The van der Waals surface area contributed by atoms with Crippen molar-refractivity contribution in [1.82, 2.24) is 0 Å². The number of fused-ring (bicyclic) bond motifs is 2. The molecule has 0 aliphatic heterocycles. The van der Waals surface area contributed by atoms with E-state index in [9.17, 15) is 0 Å². The molecule has 4 rings (SSSR count). The number of halogens is 2. The van der Waals surface area contributed by atoms with Gasteiger partial charge in [-0.25, -0.2) is 0 Å². The van der Waals surface area contributed by atoms with Crippen molar-refractivity contribution < 1.29 is 45.2 Å². The maximum atomic E-state index is 2.66. The predicted molar refractivity (Wildman–Crippen MR) is 159 cm³/mol. The fraction of sp³-hybridized carbons (Fsp3) is 0.529. The summed E-state index contributed by atoms with van der Waals surface area (Å²) in [6.07, 6.45) is 5.30. The minimum Gasteiger partial charge on any atom is -1.00 e. The van der Waals surface area contributed by atoms with Crippen LogP contribution in [-0.2, 0) is 31.2 Å². The summed E-state index contributed by atoms with van der Waals surface area (Å²) in [5.74, 6) is 1.20.